The van der Waals surface area contributed by atoms with Crippen molar-refractivity contribution in [3.05, 3.63) is 0 Å². The first kappa shape index (κ1) is 14.5. The Balaban J connectivity index is 2.11. The fraction of sp³-hybridized carbons (Fsp3) is 0.923. The van der Waals surface area contributed by atoms with Crippen LogP contribution in [0.3, 0.4) is 0 Å². The number of hydrogen-bond acceptors (Lipinski definition) is 3. The molecule has 1 rings (SSSR count). The molecule has 0 heterocycles. The van der Waals surface area contributed by atoms with Gasteiger partial charge in [0.2, 0.25) is 5.91 Å². The smallest absolute Gasteiger partial charge is 0.225 e. The van der Waals surface area contributed by atoms with Gasteiger partial charge in [-0.1, -0.05) is 26.2 Å². The maximum atomic E-state index is 12.0. The number of amides is 1. The average Bonchev–Trinajstić information content (AvgIpc) is 2.34. The van der Waals surface area contributed by atoms with Crippen molar-refractivity contribution in [2.75, 3.05) is 33.4 Å². The Morgan fingerprint density at radius 2 is 1.88 bits per heavy atom. The van der Waals surface area contributed by atoms with E-state index in [0.29, 0.717) is 13.2 Å². The minimum atomic E-state index is -0.120. The van der Waals surface area contributed by atoms with Crippen molar-refractivity contribution < 1.29 is 9.53 Å². The highest BCUT2D eigenvalue weighted by Gasteiger charge is 2.33. The van der Waals surface area contributed by atoms with Crippen LogP contribution >= 0.6 is 0 Å². The summed E-state index contributed by atoms with van der Waals surface area (Å²) in [6.45, 7) is 5.17. The molecule has 1 aliphatic rings. The van der Waals surface area contributed by atoms with E-state index in [-0.39, 0.29) is 11.3 Å². The minimum Gasteiger partial charge on any atom is -0.383 e. The molecule has 1 fully saturated rings. The number of hydrogen-bond donors (Lipinski definition) is 2. The molecule has 1 amide bonds. The van der Waals surface area contributed by atoms with Crippen molar-refractivity contribution in [3.8, 4) is 0 Å². The van der Waals surface area contributed by atoms with Crippen LogP contribution in [-0.2, 0) is 9.53 Å². The van der Waals surface area contributed by atoms with Gasteiger partial charge in [0.15, 0.2) is 0 Å². The van der Waals surface area contributed by atoms with Gasteiger partial charge in [-0.25, -0.2) is 0 Å². The lowest BCUT2D eigenvalue weighted by Crippen LogP contribution is -2.42. The van der Waals surface area contributed by atoms with E-state index in [1.165, 1.54) is 19.3 Å². The molecule has 0 aromatic rings. The number of methoxy groups -OCH3 is 1. The zero-order valence-electron chi connectivity index (χ0n) is 11.2. The monoisotopic (exact) mass is 242 g/mol. The molecule has 0 spiro atoms. The van der Waals surface area contributed by atoms with Gasteiger partial charge >= 0.3 is 0 Å². The van der Waals surface area contributed by atoms with E-state index in [2.05, 4.69) is 17.6 Å². The van der Waals surface area contributed by atoms with Gasteiger partial charge in [-0.3, -0.25) is 4.79 Å². The second kappa shape index (κ2) is 7.67. The molecule has 0 aromatic heterocycles. The van der Waals surface area contributed by atoms with Gasteiger partial charge in [-0.2, -0.15) is 0 Å². The topological polar surface area (TPSA) is 50.4 Å². The van der Waals surface area contributed by atoms with Crippen molar-refractivity contribution in [2.45, 2.75) is 39.0 Å². The van der Waals surface area contributed by atoms with E-state index in [0.717, 1.165) is 25.9 Å². The van der Waals surface area contributed by atoms with Crippen molar-refractivity contribution in [1.82, 2.24) is 10.6 Å². The van der Waals surface area contributed by atoms with Crippen LogP contribution in [0.1, 0.15) is 39.0 Å². The summed E-state index contributed by atoms with van der Waals surface area (Å²) in [5.74, 6) is 0.228. The van der Waals surface area contributed by atoms with Crippen LogP contribution in [0.5, 0.6) is 0 Å². The lowest BCUT2D eigenvalue weighted by molar-refractivity contribution is -0.131. The summed E-state index contributed by atoms with van der Waals surface area (Å²) < 4.78 is 4.93. The fourth-order valence-corrected chi connectivity index (χ4v) is 2.34. The third kappa shape index (κ3) is 5.04. The Labute approximate surface area is 104 Å². The van der Waals surface area contributed by atoms with Crippen molar-refractivity contribution in [2.24, 2.45) is 5.41 Å². The molecule has 4 heteroatoms. The van der Waals surface area contributed by atoms with Crippen LogP contribution in [0.25, 0.3) is 0 Å². The Bertz CT molecular complexity index is 225. The number of nitrogens with one attached hydrogen (secondary N) is 2. The summed E-state index contributed by atoms with van der Waals surface area (Å²) in [5.41, 5.74) is -0.120. The molecule has 0 radical (unpaired) electrons. The Kier molecular flexibility index (Phi) is 6.52. The van der Waals surface area contributed by atoms with E-state index < -0.39 is 0 Å². The molecule has 1 saturated carbocycles. The molecule has 17 heavy (non-hydrogen) atoms. The summed E-state index contributed by atoms with van der Waals surface area (Å²) in [5, 5.41) is 6.24. The summed E-state index contributed by atoms with van der Waals surface area (Å²) in [6, 6.07) is 0. The average molecular weight is 242 g/mol. The Morgan fingerprint density at radius 3 is 2.53 bits per heavy atom. The summed E-state index contributed by atoms with van der Waals surface area (Å²) in [6.07, 6.45) is 5.74. The molecule has 0 aliphatic heterocycles. The first-order valence-corrected chi connectivity index (χ1v) is 6.67. The molecule has 2 N–H and O–H groups in total. The zero-order chi connectivity index (χ0) is 12.6. The molecule has 0 atom stereocenters. The molecule has 0 saturated heterocycles. The molecule has 4 nitrogen and oxygen atoms in total. The molecule has 0 unspecified atom stereocenters. The summed E-state index contributed by atoms with van der Waals surface area (Å²) >= 11 is 0. The lowest BCUT2D eigenvalue weighted by atomic mass is 9.75. The SMILES string of the molecule is COCCNCCNC(=O)C1(C)CCCCC1. The van der Waals surface area contributed by atoms with Crippen LogP contribution in [0.2, 0.25) is 0 Å². The van der Waals surface area contributed by atoms with Crippen LogP contribution in [0.4, 0.5) is 0 Å². The van der Waals surface area contributed by atoms with Crippen molar-refractivity contribution in [1.29, 1.82) is 0 Å². The van der Waals surface area contributed by atoms with Crippen molar-refractivity contribution >= 4 is 5.91 Å². The van der Waals surface area contributed by atoms with Gasteiger partial charge in [0.25, 0.3) is 0 Å². The number of rotatable bonds is 7. The summed E-state index contributed by atoms with van der Waals surface area (Å²) in [7, 11) is 1.69. The van der Waals surface area contributed by atoms with Crippen molar-refractivity contribution in [3.63, 3.8) is 0 Å². The predicted molar refractivity (Wildman–Crippen MR) is 68.9 cm³/mol. The van der Waals surface area contributed by atoms with Gasteiger partial charge in [0.05, 0.1) is 6.61 Å². The fourth-order valence-electron chi connectivity index (χ4n) is 2.34. The number of ether oxygens (including phenoxy) is 1. The van der Waals surface area contributed by atoms with Gasteiger partial charge in [0, 0.05) is 32.2 Å². The first-order chi connectivity index (χ1) is 8.19. The molecule has 0 bridgehead atoms. The second-order valence-electron chi connectivity index (χ2n) is 5.12. The maximum absolute atomic E-state index is 12.0. The Morgan fingerprint density at radius 1 is 1.18 bits per heavy atom. The largest absolute Gasteiger partial charge is 0.383 e. The van der Waals surface area contributed by atoms with E-state index >= 15 is 0 Å². The van der Waals surface area contributed by atoms with E-state index in [1.54, 1.807) is 7.11 Å². The highest BCUT2D eigenvalue weighted by Crippen LogP contribution is 2.35. The molecular weight excluding hydrogens is 216 g/mol. The zero-order valence-corrected chi connectivity index (χ0v) is 11.2. The van der Waals surface area contributed by atoms with Crippen LogP contribution in [0, 0.1) is 5.41 Å². The third-order valence-corrected chi connectivity index (χ3v) is 3.58. The number of carbonyl (C=O) groups excluding carboxylic acids is 1. The summed E-state index contributed by atoms with van der Waals surface area (Å²) in [4.78, 5) is 12.0. The lowest BCUT2D eigenvalue weighted by Gasteiger charge is -2.32. The molecule has 100 valence electrons. The quantitative estimate of drug-likeness (QED) is 0.662. The van der Waals surface area contributed by atoms with Crippen LogP contribution in [-0.4, -0.2) is 39.3 Å². The molecule has 0 aromatic carbocycles. The Hall–Kier alpha value is -0.610. The normalized spacial score (nSPS) is 18.9. The van der Waals surface area contributed by atoms with E-state index in [1.807, 2.05) is 0 Å². The highest BCUT2D eigenvalue weighted by molar-refractivity contribution is 5.82. The first-order valence-electron chi connectivity index (χ1n) is 6.67. The highest BCUT2D eigenvalue weighted by atomic mass is 16.5. The standard InChI is InChI=1S/C13H26N2O2/c1-13(6-4-3-5-7-13)12(16)15-9-8-14-10-11-17-2/h14H,3-11H2,1-2H3,(H,15,16). The van der Waals surface area contributed by atoms with Crippen LogP contribution in [0.15, 0.2) is 0 Å². The van der Waals surface area contributed by atoms with Gasteiger partial charge in [-0.15, -0.1) is 0 Å². The second-order valence-corrected chi connectivity index (χ2v) is 5.12. The molecular formula is C13H26N2O2. The third-order valence-electron chi connectivity index (χ3n) is 3.58. The van der Waals surface area contributed by atoms with Gasteiger partial charge in [-0.05, 0) is 12.8 Å². The minimum absolute atomic E-state index is 0.120. The maximum Gasteiger partial charge on any atom is 0.225 e. The number of carbonyl (C=O) groups is 1. The molecule has 1 aliphatic carbocycles. The van der Waals surface area contributed by atoms with E-state index in [9.17, 15) is 4.79 Å². The van der Waals surface area contributed by atoms with E-state index in [4.69, 9.17) is 4.74 Å². The van der Waals surface area contributed by atoms with Crippen LogP contribution < -0.4 is 10.6 Å². The van der Waals surface area contributed by atoms with Gasteiger partial charge < -0.3 is 15.4 Å². The predicted octanol–water partition coefficient (Wildman–Crippen LogP) is 1.31. The van der Waals surface area contributed by atoms with Gasteiger partial charge in [0.1, 0.15) is 0 Å².